The van der Waals surface area contributed by atoms with Crippen LogP contribution in [0.25, 0.3) is 0 Å². The van der Waals surface area contributed by atoms with Crippen molar-refractivity contribution in [2.24, 2.45) is 10.7 Å². The third-order valence-corrected chi connectivity index (χ3v) is 1.76. The molecular weight excluding hydrogens is 205 g/mol. The molecule has 0 atom stereocenters. The zero-order valence-electron chi connectivity index (χ0n) is 8.23. The van der Waals surface area contributed by atoms with Crippen molar-refractivity contribution >= 4 is 11.5 Å². The minimum absolute atomic E-state index is 0.197. The zero-order valence-corrected chi connectivity index (χ0v) is 8.23. The van der Waals surface area contributed by atoms with Gasteiger partial charge in [0.05, 0.1) is 5.84 Å². The number of nitrogens with zero attached hydrogens (tertiary/aromatic N) is 1. The summed E-state index contributed by atoms with van der Waals surface area (Å²) >= 11 is 0. The Morgan fingerprint density at radius 2 is 1.80 bits per heavy atom. The van der Waals surface area contributed by atoms with Gasteiger partial charge in [-0.2, -0.15) is 0 Å². The van der Waals surface area contributed by atoms with Crippen LogP contribution in [0.4, 0.5) is 18.9 Å². The topological polar surface area (TPSA) is 38.4 Å². The average Bonchev–Trinajstić information content (AvgIpc) is 2.14. The highest BCUT2D eigenvalue weighted by Crippen LogP contribution is 2.21. The molecule has 0 spiro atoms. The van der Waals surface area contributed by atoms with E-state index in [1.165, 1.54) is 0 Å². The Labute approximate surface area is 85.6 Å². The predicted molar refractivity (Wildman–Crippen MR) is 52.5 cm³/mol. The smallest absolute Gasteiger partial charge is 0.161 e. The van der Waals surface area contributed by atoms with Crippen LogP contribution < -0.4 is 5.73 Å². The Bertz CT molecular complexity index is 388. The normalized spacial score (nSPS) is 11.9. The number of halogens is 3. The molecule has 0 saturated carbocycles. The van der Waals surface area contributed by atoms with E-state index in [4.69, 9.17) is 5.73 Å². The van der Waals surface area contributed by atoms with Gasteiger partial charge in [-0.3, -0.25) is 0 Å². The van der Waals surface area contributed by atoms with Crippen LogP contribution in [0, 0.1) is 17.5 Å². The summed E-state index contributed by atoms with van der Waals surface area (Å²) in [6.07, 6.45) is 1.24. The molecular formula is C10H11F3N2. The number of hydrogen-bond donors (Lipinski definition) is 1. The van der Waals surface area contributed by atoms with Crippen LogP contribution in [0.1, 0.15) is 19.8 Å². The summed E-state index contributed by atoms with van der Waals surface area (Å²) in [6, 6.07) is 1.14. The molecule has 0 heterocycles. The molecule has 0 amide bonds. The van der Waals surface area contributed by atoms with Gasteiger partial charge in [0.25, 0.3) is 0 Å². The zero-order chi connectivity index (χ0) is 11.4. The highest BCUT2D eigenvalue weighted by Gasteiger charge is 2.09. The molecule has 0 aliphatic heterocycles. The predicted octanol–water partition coefficient (Wildman–Crippen LogP) is 2.89. The molecule has 2 nitrogen and oxygen atoms in total. The molecule has 82 valence electrons. The van der Waals surface area contributed by atoms with E-state index in [0.717, 1.165) is 6.42 Å². The van der Waals surface area contributed by atoms with Gasteiger partial charge in [0.1, 0.15) is 5.69 Å². The first-order chi connectivity index (χ1) is 7.04. The lowest BCUT2D eigenvalue weighted by Crippen LogP contribution is -2.10. The molecule has 0 bridgehead atoms. The van der Waals surface area contributed by atoms with Crippen LogP contribution in [-0.4, -0.2) is 5.84 Å². The maximum absolute atomic E-state index is 13.1. The second kappa shape index (κ2) is 4.82. The van der Waals surface area contributed by atoms with Crippen LogP contribution in [0.15, 0.2) is 17.1 Å². The second-order valence-electron chi connectivity index (χ2n) is 3.07. The van der Waals surface area contributed by atoms with E-state index in [9.17, 15) is 13.2 Å². The number of amidine groups is 1. The highest BCUT2D eigenvalue weighted by molar-refractivity contribution is 5.83. The maximum atomic E-state index is 13.1. The maximum Gasteiger partial charge on any atom is 0.161 e. The molecule has 0 saturated heterocycles. The Balaban J connectivity index is 3.05. The lowest BCUT2D eigenvalue weighted by Gasteiger charge is -2.01. The van der Waals surface area contributed by atoms with Crippen molar-refractivity contribution < 1.29 is 13.2 Å². The third kappa shape index (κ3) is 2.97. The number of rotatable bonds is 3. The Hall–Kier alpha value is -1.52. The Morgan fingerprint density at radius 1 is 1.20 bits per heavy atom. The molecule has 0 unspecified atom stereocenters. The second-order valence-corrected chi connectivity index (χ2v) is 3.07. The lowest BCUT2D eigenvalue weighted by molar-refractivity contribution is 0.496. The van der Waals surface area contributed by atoms with Crippen molar-refractivity contribution in [1.82, 2.24) is 0 Å². The summed E-state index contributed by atoms with van der Waals surface area (Å²) in [5.41, 5.74) is 5.16. The molecule has 15 heavy (non-hydrogen) atoms. The molecule has 1 rings (SSSR count). The van der Waals surface area contributed by atoms with Crippen LogP contribution in [0.3, 0.4) is 0 Å². The van der Waals surface area contributed by atoms with Crippen LogP contribution in [0.5, 0.6) is 0 Å². The molecule has 0 fully saturated rings. The quantitative estimate of drug-likeness (QED) is 0.471. The molecule has 0 radical (unpaired) electrons. The fourth-order valence-electron chi connectivity index (χ4n) is 1.06. The van der Waals surface area contributed by atoms with Gasteiger partial charge in [0, 0.05) is 18.6 Å². The van der Waals surface area contributed by atoms with E-state index in [2.05, 4.69) is 4.99 Å². The number of aliphatic imine (C=N–C) groups is 1. The van der Waals surface area contributed by atoms with Gasteiger partial charge in [-0.25, -0.2) is 18.2 Å². The summed E-state index contributed by atoms with van der Waals surface area (Å²) in [4.78, 5) is 3.66. The molecule has 2 N–H and O–H groups in total. The third-order valence-electron chi connectivity index (χ3n) is 1.76. The first-order valence-electron chi connectivity index (χ1n) is 4.52. The van der Waals surface area contributed by atoms with E-state index < -0.39 is 17.5 Å². The van der Waals surface area contributed by atoms with E-state index in [-0.39, 0.29) is 11.5 Å². The van der Waals surface area contributed by atoms with Crippen LogP contribution in [0.2, 0.25) is 0 Å². The summed E-state index contributed by atoms with van der Waals surface area (Å²) in [5, 5.41) is 0. The lowest BCUT2D eigenvalue weighted by atomic mass is 10.2. The molecule has 0 aliphatic carbocycles. The average molecular weight is 216 g/mol. The summed E-state index contributed by atoms with van der Waals surface area (Å²) in [5.74, 6) is -3.10. The summed E-state index contributed by atoms with van der Waals surface area (Å²) in [7, 11) is 0. The van der Waals surface area contributed by atoms with Gasteiger partial charge in [0.2, 0.25) is 0 Å². The molecule has 1 aromatic carbocycles. The monoisotopic (exact) mass is 216 g/mol. The SMILES string of the molecule is CCCC(N)=Nc1cc(F)c(F)cc1F. The number of benzene rings is 1. The minimum atomic E-state index is -1.24. The van der Waals surface area contributed by atoms with Crippen molar-refractivity contribution in [1.29, 1.82) is 0 Å². The van der Waals surface area contributed by atoms with Crippen molar-refractivity contribution in [3.8, 4) is 0 Å². The standard InChI is InChI=1S/C10H11F3N2/c1-2-3-10(14)15-9-5-7(12)6(11)4-8(9)13/h4-5H,2-3H2,1H3,(H2,14,15). The Morgan fingerprint density at radius 3 is 2.40 bits per heavy atom. The van der Waals surface area contributed by atoms with Gasteiger partial charge in [0.15, 0.2) is 17.5 Å². The van der Waals surface area contributed by atoms with Gasteiger partial charge >= 0.3 is 0 Å². The molecule has 0 aromatic heterocycles. The fourth-order valence-corrected chi connectivity index (χ4v) is 1.06. The van der Waals surface area contributed by atoms with Gasteiger partial charge in [-0.05, 0) is 6.42 Å². The van der Waals surface area contributed by atoms with Gasteiger partial charge in [-0.1, -0.05) is 6.92 Å². The number of hydrogen-bond acceptors (Lipinski definition) is 1. The van der Waals surface area contributed by atoms with Crippen molar-refractivity contribution in [2.45, 2.75) is 19.8 Å². The van der Waals surface area contributed by atoms with E-state index in [1.807, 2.05) is 6.92 Å². The fraction of sp³-hybridized carbons (Fsp3) is 0.300. The van der Waals surface area contributed by atoms with Gasteiger partial charge < -0.3 is 5.73 Å². The minimum Gasteiger partial charge on any atom is -0.387 e. The molecule has 5 heteroatoms. The van der Waals surface area contributed by atoms with E-state index in [1.54, 1.807) is 0 Å². The molecule has 1 aromatic rings. The number of nitrogens with two attached hydrogens (primary N) is 1. The van der Waals surface area contributed by atoms with Crippen molar-refractivity contribution in [3.05, 3.63) is 29.6 Å². The largest absolute Gasteiger partial charge is 0.387 e. The van der Waals surface area contributed by atoms with E-state index in [0.29, 0.717) is 18.6 Å². The van der Waals surface area contributed by atoms with Crippen molar-refractivity contribution in [2.75, 3.05) is 0 Å². The summed E-state index contributed by atoms with van der Waals surface area (Å²) in [6.45, 7) is 1.88. The van der Waals surface area contributed by atoms with Crippen molar-refractivity contribution in [3.63, 3.8) is 0 Å². The van der Waals surface area contributed by atoms with Crippen LogP contribution >= 0.6 is 0 Å². The molecule has 0 aliphatic rings. The highest BCUT2D eigenvalue weighted by atomic mass is 19.2. The van der Waals surface area contributed by atoms with Crippen LogP contribution in [-0.2, 0) is 0 Å². The first-order valence-corrected chi connectivity index (χ1v) is 4.52. The van der Waals surface area contributed by atoms with Gasteiger partial charge in [-0.15, -0.1) is 0 Å². The Kier molecular flexibility index (Phi) is 3.71. The first kappa shape index (κ1) is 11.6. The summed E-state index contributed by atoms with van der Waals surface area (Å²) < 4.78 is 38.4. The van der Waals surface area contributed by atoms with E-state index >= 15 is 0 Å².